The first kappa shape index (κ1) is 22.4. The Morgan fingerprint density at radius 1 is 0.818 bits per heavy atom. The second-order valence-electron chi connectivity index (χ2n) is 7.17. The summed E-state index contributed by atoms with van der Waals surface area (Å²) in [5.74, 6) is 0. The lowest BCUT2D eigenvalue weighted by Gasteiger charge is -2.21. The van der Waals surface area contributed by atoms with Gasteiger partial charge in [-0.05, 0) is 66.0 Å². The molecule has 1 aliphatic rings. The number of fused-ring (bicyclic) bond motifs is 1. The molecule has 166 valence electrons. The van der Waals surface area contributed by atoms with Crippen LogP contribution in [0.15, 0.2) is 129 Å². The molecule has 33 heavy (non-hydrogen) atoms. The van der Waals surface area contributed by atoms with E-state index in [-0.39, 0.29) is 0 Å². The molecule has 2 unspecified atom stereocenters. The highest BCUT2D eigenvalue weighted by Crippen LogP contribution is 2.42. The van der Waals surface area contributed by atoms with Crippen LogP contribution in [0.4, 0.5) is 5.69 Å². The molecule has 0 aromatic heterocycles. The summed E-state index contributed by atoms with van der Waals surface area (Å²) in [7, 11) is -2.65. The molecule has 0 saturated carbocycles. The van der Waals surface area contributed by atoms with Crippen molar-refractivity contribution in [2.45, 2.75) is 26.1 Å². The second-order valence-corrected chi connectivity index (χ2v) is 12.4. The van der Waals surface area contributed by atoms with Gasteiger partial charge < -0.3 is 0 Å². The van der Waals surface area contributed by atoms with E-state index in [0.717, 1.165) is 25.9 Å². The van der Waals surface area contributed by atoms with E-state index in [4.69, 9.17) is 0 Å². The molecular formula is C25H20N2O2S4. The third kappa shape index (κ3) is 5.10. The predicted molar refractivity (Wildman–Crippen MR) is 138 cm³/mol. The van der Waals surface area contributed by atoms with E-state index in [1.807, 2.05) is 113 Å². The van der Waals surface area contributed by atoms with Gasteiger partial charge in [0.15, 0.2) is 11.0 Å². The molecule has 0 radical (unpaired) electrons. The van der Waals surface area contributed by atoms with Crippen LogP contribution < -0.4 is 3.71 Å². The molecule has 0 fully saturated rings. The van der Waals surface area contributed by atoms with Crippen LogP contribution in [0.2, 0.25) is 0 Å². The molecule has 0 saturated heterocycles. The van der Waals surface area contributed by atoms with Crippen molar-refractivity contribution in [3.05, 3.63) is 115 Å². The lowest BCUT2D eigenvalue weighted by molar-refractivity contribution is 0.626. The highest BCUT2D eigenvalue weighted by molar-refractivity contribution is 8.14. The molecule has 4 nitrogen and oxygen atoms in total. The van der Waals surface area contributed by atoms with Crippen LogP contribution in [0.5, 0.6) is 0 Å². The summed E-state index contributed by atoms with van der Waals surface area (Å²) < 4.78 is 30.1. The third-order valence-corrected chi connectivity index (χ3v) is 10.5. The Balaban J connectivity index is 1.37. The largest absolute Gasteiger partial charge is 0.236 e. The summed E-state index contributed by atoms with van der Waals surface area (Å²) in [4.78, 5) is 3.55. The van der Waals surface area contributed by atoms with Crippen LogP contribution in [0.1, 0.15) is 5.56 Å². The van der Waals surface area contributed by atoms with Crippen molar-refractivity contribution >= 4 is 51.6 Å². The van der Waals surface area contributed by atoms with Gasteiger partial charge >= 0.3 is 0 Å². The topological polar surface area (TPSA) is 40.6 Å². The van der Waals surface area contributed by atoms with Gasteiger partial charge in [-0.15, -0.1) is 0 Å². The van der Waals surface area contributed by atoms with E-state index in [9.17, 15) is 8.42 Å². The van der Waals surface area contributed by atoms with Crippen molar-refractivity contribution in [2.24, 2.45) is 0 Å². The van der Waals surface area contributed by atoms with Crippen LogP contribution in [-0.2, 0) is 28.5 Å². The smallest absolute Gasteiger partial charge is 0.164 e. The minimum atomic E-state index is -1.39. The maximum absolute atomic E-state index is 13.6. The Hall–Kier alpha value is -2.36. The first-order valence-electron chi connectivity index (χ1n) is 10.2. The molecule has 0 spiro atoms. The van der Waals surface area contributed by atoms with Crippen LogP contribution in [-0.4, -0.2) is 12.1 Å². The molecule has 2 atom stereocenters. The number of rotatable bonds is 7. The zero-order valence-corrected chi connectivity index (χ0v) is 20.7. The van der Waals surface area contributed by atoms with Gasteiger partial charge in [-0.2, -0.15) is 3.71 Å². The van der Waals surface area contributed by atoms with Gasteiger partial charge in [0.2, 0.25) is 0 Å². The van der Waals surface area contributed by atoms with E-state index < -0.39 is 22.0 Å². The summed E-state index contributed by atoms with van der Waals surface area (Å²) in [6.07, 6.45) is 0. The second kappa shape index (κ2) is 10.3. The summed E-state index contributed by atoms with van der Waals surface area (Å²) >= 11 is 2.94. The van der Waals surface area contributed by atoms with Crippen LogP contribution in [0.25, 0.3) is 0 Å². The van der Waals surface area contributed by atoms with Crippen LogP contribution >= 0.6 is 23.9 Å². The molecule has 8 heteroatoms. The van der Waals surface area contributed by atoms with Crippen molar-refractivity contribution in [2.75, 3.05) is 3.71 Å². The molecule has 1 aliphatic heterocycles. The van der Waals surface area contributed by atoms with Gasteiger partial charge in [-0.1, -0.05) is 60.7 Å². The molecule has 4 aromatic carbocycles. The van der Waals surface area contributed by atoms with Gasteiger partial charge in [-0.25, -0.2) is 12.1 Å². The first-order chi connectivity index (χ1) is 16.2. The average molecular weight is 509 g/mol. The number of anilines is 1. The number of benzene rings is 4. The van der Waals surface area contributed by atoms with Crippen molar-refractivity contribution < 1.29 is 8.42 Å². The first-order valence-corrected chi connectivity index (χ1v) is 14.0. The monoisotopic (exact) mass is 508 g/mol. The Labute approximate surface area is 207 Å². The SMILES string of the molecule is O=S(c1ccc(N2Sc3ccccc3S2=O)cc1)N(Cc1ccccc1)Sc1ccccc1. The Bertz CT molecular complexity index is 1240. The number of nitrogens with zero attached hydrogens (tertiary/aromatic N) is 2. The Kier molecular flexibility index (Phi) is 6.99. The summed E-state index contributed by atoms with van der Waals surface area (Å²) in [5.41, 5.74) is 1.91. The van der Waals surface area contributed by atoms with Gasteiger partial charge in [0.25, 0.3) is 0 Å². The van der Waals surface area contributed by atoms with Crippen molar-refractivity contribution in [1.82, 2.24) is 3.71 Å². The fourth-order valence-corrected chi connectivity index (χ4v) is 8.38. The fourth-order valence-electron chi connectivity index (χ4n) is 3.29. The van der Waals surface area contributed by atoms with Gasteiger partial charge in [0, 0.05) is 28.3 Å². The summed E-state index contributed by atoms with van der Waals surface area (Å²) in [6, 6.07) is 35.2. The average Bonchev–Trinajstić information content (AvgIpc) is 3.21. The van der Waals surface area contributed by atoms with E-state index in [0.29, 0.717) is 11.4 Å². The molecule has 0 aliphatic carbocycles. The molecule has 0 amide bonds. The van der Waals surface area contributed by atoms with Crippen molar-refractivity contribution in [3.8, 4) is 0 Å². The van der Waals surface area contributed by atoms with E-state index in [1.165, 1.54) is 23.9 Å². The highest BCUT2D eigenvalue weighted by Gasteiger charge is 2.28. The number of hydrogen-bond acceptors (Lipinski definition) is 4. The lowest BCUT2D eigenvalue weighted by Crippen LogP contribution is -2.19. The standard InChI is InChI=1S/C25H20N2O2S4/c28-32(26(19-20-9-3-1-4-10-20)30-22-11-5-2-6-12-22)23-17-15-21(16-18-23)27-31-24-13-7-8-14-25(24)33(27)29/h1-18H,19H2. The van der Waals surface area contributed by atoms with Gasteiger partial charge in [-0.3, -0.25) is 0 Å². The fraction of sp³-hybridized carbons (Fsp3) is 0.0400. The van der Waals surface area contributed by atoms with Crippen LogP contribution in [0, 0.1) is 0 Å². The number of hydrogen-bond donors (Lipinski definition) is 0. The summed E-state index contributed by atoms with van der Waals surface area (Å²) in [5, 5.41) is 0. The molecule has 4 aromatic rings. The molecule has 5 rings (SSSR count). The minimum absolute atomic E-state index is 0.538. The molecular weight excluding hydrogens is 489 g/mol. The quantitative estimate of drug-likeness (QED) is 0.268. The van der Waals surface area contributed by atoms with E-state index >= 15 is 0 Å². The predicted octanol–water partition coefficient (Wildman–Crippen LogP) is 6.47. The zero-order valence-electron chi connectivity index (χ0n) is 17.4. The van der Waals surface area contributed by atoms with Gasteiger partial charge in [0.05, 0.1) is 15.5 Å². The van der Waals surface area contributed by atoms with E-state index in [2.05, 4.69) is 0 Å². The molecule has 0 bridgehead atoms. The normalized spacial score (nSPS) is 16.0. The van der Waals surface area contributed by atoms with Crippen LogP contribution in [0.3, 0.4) is 0 Å². The highest BCUT2D eigenvalue weighted by atomic mass is 32.2. The maximum atomic E-state index is 13.6. The third-order valence-electron chi connectivity index (χ3n) is 4.91. The van der Waals surface area contributed by atoms with Crippen molar-refractivity contribution in [3.63, 3.8) is 0 Å². The van der Waals surface area contributed by atoms with Gasteiger partial charge in [0.1, 0.15) is 11.0 Å². The Morgan fingerprint density at radius 2 is 1.45 bits per heavy atom. The van der Waals surface area contributed by atoms with Crippen molar-refractivity contribution in [1.29, 1.82) is 0 Å². The maximum Gasteiger partial charge on any atom is 0.164 e. The summed E-state index contributed by atoms with van der Waals surface area (Å²) in [6.45, 7) is 0.538. The zero-order chi connectivity index (χ0) is 22.6. The Morgan fingerprint density at radius 3 is 2.15 bits per heavy atom. The van der Waals surface area contributed by atoms with E-state index in [1.54, 1.807) is 3.71 Å². The minimum Gasteiger partial charge on any atom is -0.236 e. The molecule has 0 N–H and O–H groups in total. The lowest BCUT2D eigenvalue weighted by atomic mass is 10.2. The molecule has 1 heterocycles.